The second-order valence-corrected chi connectivity index (χ2v) is 1.99. The van der Waals surface area contributed by atoms with Crippen LogP contribution in [0.5, 0.6) is 0 Å². The third-order valence-corrected chi connectivity index (χ3v) is 1.15. The van der Waals surface area contributed by atoms with Gasteiger partial charge in [-0.25, -0.2) is 4.84 Å². The number of hydrogen-bond acceptors (Lipinski definition) is 1. The van der Waals surface area contributed by atoms with E-state index in [4.69, 9.17) is 11.8 Å². The van der Waals surface area contributed by atoms with E-state index in [2.05, 4.69) is 20.8 Å². The van der Waals surface area contributed by atoms with E-state index >= 15 is 0 Å². The highest BCUT2D eigenvalue weighted by atomic mass is 79.9. The lowest BCUT2D eigenvalue weighted by Gasteiger charge is -1.86. The van der Waals surface area contributed by atoms with E-state index in [9.17, 15) is 0 Å². The fourth-order valence-electron chi connectivity index (χ4n) is 0.134. The average Bonchev–Trinajstić information content (AvgIpc) is 1.61. The van der Waals surface area contributed by atoms with Crippen molar-refractivity contribution in [2.45, 2.75) is 6.42 Å². The van der Waals surface area contributed by atoms with E-state index in [-0.39, 0.29) is 0 Å². The van der Waals surface area contributed by atoms with Gasteiger partial charge in [0.25, 0.3) is 0 Å². The topological polar surface area (TPSA) is 12.0 Å². The maximum absolute atomic E-state index is 5.11. The van der Waals surface area contributed by atoms with E-state index in [1.54, 1.807) is 0 Å². The lowest BCUT2D eigenvalue weighted by atomic mass is 10.5. The van der Waals surface area contributed by atoms with Crippen LogP contribution in [0, 0.1) is 0 Å². The van der Waals surface area contributed by atoms with E-state index in [0.717, 1.165) is 18.3 Å². The van der Waals surface area contributed by atoms with Gasteiger partial charge in [-0.15, -0.1) is 0 Å². The summed E-state index contributed by atoms with van der Waals surface area (Å²) in [5.74, 6) is 0. The van der Waals surface area contributed by atoms with E-state index < -0.39 is 0 Å². The summed E-state index contributed by atoms with van der Waals surface area (Å²) < 4.78 is 0. The van der Waals surface area contributed by atoms with Crippen LogP contribution in [0.3, 0.4) is 0 Å². The first-order chi connectivity index (χ1) is 2.91. The Morgan fingerprint density at radius 1 is 1.67 bits per heavy atom. The van der Waals surface area contributed by atoms with Crippen molar-refractivity contribution in [3.63, 3.8) is 0 Å². The molecule has 0 amide bonds. The Kier molecular flexibility index (Phi) is 6.43. The van der Waals surface area contributed by atoms with Gasteiger partial charge >= 0.3 is 0 Å². The SMILES string of the molecule is ClNCCCBr. The van der Waals surface area contributed by atoms with Crippen LogP contribution in [0.4, 0.5) is 0 Å². The molecule has 0 bridgehead atoms. The molecule has 0 fully saturated rings. The molecule has 0 saturated heterocycles. The summed E-state index contributed by atoms with van der Waals surface area (Å²) in [5, 5.41) is 1.02. The minimum Gasteiger partial charge on any atom is -0.234 e. The predicted octanol–water partition coefficient (Wildman–Crippen LogP) is 1.51. The van der Waals surface area contributed by atoms with Crippen molar-refractivity contribution in [3.05, 3.63) is 0 Å². The zero-order chi connectivity index (χ0) is 4.83. The van der Waals surface area contributed by atoms with Crippen LogP contribution in [-0.2, 0) is 0 Å². The summed E-state index contributed by atoms with van der Waals surface area (Å²) in [6.07, 6.45) is 1.09. The normalized spacial score (nSPS) is 9.00. The molecule has 0 aliphatic carbocycles. The van der Waals surface area contributed by atoms with Gasteiger partial charge in [-0.2, -0.15) is 0 Å². The lowest BCUT2D eigenvalue weighted by molar-refractivity contribution is 0.883. The van der Waals surface area contributed by atoms with Gasteiger partial charge < -0.3 is 0 Å². The Morgan fingerprint density at radius 3 is 2.50 bits per heavy atom. The first kappa shape index (κ1) is 6.73. The zero-order valence-corrected chi connectivity index (χ0v) is 5.72. The summed E-state index contributed by atoms with van der Waals surface area (Å²) in [5.41, 5.74) is 0. The number of rotatable bonds is 3. The number of halogens is 2. The molecule has 6 heavy (non-hydrogen) atoms. The highest BCUT2D eigenvalue weighted by Crippen LogP contribution is 1.83. The van der Waals surface area contributed by atoms with Gasteiger partial charge in [0.2, 0.25) is 0 Å². The molecule has 1 N–H and O–H groups in total. The molecular weight excluding hydrogens is 165 g/mol. The molecule has 0 heterocycles. The van der Waals surface area contributed by atoms with Crippen LogP contribution in [-0.4, -0.2) is 11.9 Å². The molecule has 0 aromatic heterocycles. The third kappa shape index (κ3) is 4.73. The molecule has 0 aromatic rings. The molecule has 0 rings (SSSR count). The predicted molar refractivity (Wildman–Crippen MR) is 32.3 cm³/mol. The highest BCUT2D eigenvalue weighted by molar-refractivity contribution is 9.09. The van der Waals surface area contributed by atoms with E-state index in [1.807, 2.05) is 0 Å². The second-order valence-electron chi connectivity index (χ2n) is 0.926. The molecule has 0 radical (unpaired) electrons. The summed E-state index contributed by atoms with van der Waals surface area (Å²) in [6.45, 7) is 0.882. The van der Waals surface area contributed by atoms with Crippen molar-refractivity contribution >= 4 is 27.7 Å². The molecule has 1 nitrogen and oxygen atoms in total. The van der Waals surface area contributed by atoms with Gasteiger partial charge in [-0.05, 0) is 18.2 Å². The summed E-state index contributed by atoms with van der Waals surface area (Å²) in [7, 11) is 0. The van der Waals surface area contributed by atoms with Crippen LogP contribution in [0.25, 0.3) is 0 Å². The van der Waals surface area contributed by atoms with Crippen LogP contribution in [0.1, 0.15) is 6.42 Å². The molecule has 0 aliphatic rings. The maximum Gasteiger partial charge on any atom is 0.0116 e. The minimum atomic E-state index is 0.882. The highest BCUT2D eigenvalue weighted by Gasteiger charge is 1.76. The van der Waals surface area contributed by atoms with Gasteiger partial charge in [-0.1, -0.05) is 15.9 Å². The number of nitrogens with one attached hydrogen (secondary N) is 1. The van der Waals surface area contributed by atoms with Gasteiger partial charge in [0, 0.05) is 11.9 Å². The summed E-state index contributed by atoms with van der Waals surface area (Å²) in [6, 6.07) is 0. The average molecular weight is 172 g/mol. The van der Waals surface area contributed by atoms with E-state index in [1.165, 1.54) is 0 Å². The monoisotopic (exact) mass is 171 g/mol. The van der Waals surface area contributed by atoms with Gasteiger partial charge in [0.1, 0.15) is 0 Å². The Labute approximate surface area is 51.3 Å². The van der Waals surface area contributed by atoms with Crippen LogP contribution < -0.4 is 4.84 Å². The molecule has 3 heteroatoms. The molecule has 0 spiro atoms. The molecule has 0 aromatic carbocycles. The first-order valence-electron chi connectivity index (χ1n) is 1.81. The zero-order valence-electron chi connectivity index (χ0n) is 3.38. The van der Waals surface area contributed by atoms with Gasteiger partial charge in [-0.3, -0.25) is 0 Å². The Bertz CT molecular complexity index is 22.8. The largest absolute Gasteiger partial charge is 0.234 e. The fraction of sp³-hybridized carbons (Fsp3) is 1.00. The van der Waals surface area contributed by atoms with Crippen LogP contribution in [0.2, 0.25) is 0 Å². The molecule has 0 saturated carbocycles. The lowest BCUT2D eigenvalue weighted by Crippen LogP contribution is -1.99. The van der Waals surface area contributed by atoms with Crippen LogP contribution >= 0.6 is 27.7 Å². The van der Waals surface area contributed by atoms with Crippen molar-refractivity contribution in [1.82, 2.24) is 4.84 Å². The standard InChI is InChI=1S/C3H7BrClN/c4-2-1-3-6-5/h6H,1-3H2. The molecule has 0 atom stereocenters. The molecule has 38 valence electrons. The van der Waals surface area contributed by atoms with Gasteiger partial charge in [0.15, 0.2) is 0 Å². The molecule has 0 unspecified atom stereocenters. The maximum atomic E-state index is 5.11. The smallest absolute Gasteiger partial charge is 0.0116 e. The van der Waals surface area contributed by atoms with Gasteiger partial charge in [0.05, 0.1) is 0 Å². The quantitative estimate of drug-likeness (QED) is 0.387. The second kappa shape index (κ2) is 5.73. The first-order valence-corrected chi connectivity index (χ1v) is 3.31. The summed E-state index contributed by atoms with van der Waals surface area (Å²) >= 11 is 8.36. The molecule has 0 aliphatic heterocycles. The van der Waals surface area contributed by atoms with Crippen molar-refractivity contribution in [1.29, 1.82) is 0 Å². The summed E-state index contributed by atoms with van der Waals surface area (Å²) in [4.78, 5) is 2.51. The number of hydrogen-bond donors (Lipinski definition) is 1. The Balaban J connectivity index is 2.34. The van der Waals surface area contributed by atoms with Crippen LogP contribution in [0.15, 0.2) is 0 Å². The van der Waals surface area contributed by atoms with E-state index in [0.29, 0.717) is 0 Å². The Hall–Kier alpha value is 0.730. The van der Waals surface area contributed by atoms with Crippen molar-refractivity contribution < 1.29 is 0 Å². The number of alkyl halides is 1. The van der Waals surface area contributed by atoms with Crippen molar-refractivity contribution in [2.75, 3.05) is 11.9 Å². The Morgan fingerprint density at radius 2 is 2.33 bits per heavy atom. The van der Waals surface area contributed by atoms with Crippen molar-refractivity contribution in [2.24, 2.45) is 0 Å². The fourth-order valence-corrected chi connectivity index (χ4v) is 0.548. The minimum absolute atomic E-state index is 0.882. The third-order valence-electron chi connectivity index (χ3n) is 0.405. The van der Waals surface area contributed by atoms with Crippen molar-refractivity contribution in [3.8, 4) is 0 Å². The molecular formula is C3H7BrClN.